The molecule has 110 valence electrons. The van der Waals surface area contributed by atoms with Gasteiger partial charge in [0.05, 0.1) is 6.54 Å². The van der Waals surface area contributed by atoms with E-state index in [1.165, 1.54) is 0 Å². The minimum absolute atomic E-state index is 0.0999. The summed E-state index contributed by atoms with van der Waals surface area (Å²) in [6.45, 7) is 6.99. The number of hydrogen-bond donors (Lipinski definition) is 1. The highest BCUT2D eigenvalue weighted by Gasteiger charge is 2.25. The van der Waals surface area contributed by atoms with E-state index in [0.717, 1.165) is 13.1 Å². The molecule has 0 aliphatic carbocycles. The first-order chi connectivity index (χ1) is 8.69. The van der Waals surface area contributed by atoms with Crippen LogP contribution in [0.5, 0.6) is 0 Å². The van der Waals surface area contributed by atoms with Gasteiger partial charge in [-0.15, -0.1) is 0 Å². The van der Waals surface area contributed by atoms with Crippen molar-refractivity contribution in [2.45, 2.75) is 25.8 Å². The van der Waals surface area contributed by atoms with Crippen molar-refractivity contribution < 1.29 is 9.59 Å². The van der Waals surface area contributed by atoms with Crippen LogP contribution in [0.1, 0.15) is 20.3 Å². The Kier molecular flexibility index (Phi) is 5.31. The number of carbonyl (C=O) groups excluding carboxylic acids is 2. The summed E-state index contributed by atoms with van der Waals surface area (Å²) in [7, 11) is 3.51. The third kappa shape index (κ3) is 5.57. The van der Waals surface area contributed by atoms with Crippen LogP contribution in [0.4, 0.5) is 0 Å². The second-order valence-electron chi connectivity index (χ2n) is 6.11. The molecule has 0 saturated carbocycles. The van der Waals surface area contributed by atoms with Crippen molar-refractivity contribution in [3.8, 4) is 0 Å². The molecular weight excluding hydrogens is 244 g/mol. The first kappa shape index (κ1) is 15.9. The summed E-state index contributed by atoms with van der Waals surface area (Å²) in [6, 6.07) is 0. The van der Waals surface area contributed by atoms with Crippen LogP contribution in [0.25, 0.3) is 0 Å². The molecule has 1 rings (SSSR count). The van der Waals surface area contributed by atoms with Crippen LogP contribution in [0.15, 0.2) is 0 Å². The van der Waals surface area contributed by atoms with Crippen molar-refractivity contribution >= 4 is 11.8 Å². The molecule has 0 aromatic rings. The summed E-state index contributed by atoms with van der Waals surface area (Å²) >= 11 is 0. The smallest absolute Gasteiger partial charge is 0.236 e. The van der Waals surface area contributed by atoms with Gasteiger partial charge < -0.3 is 15.5 Å². The van der Waals surface area contributed by atoms with Gasteiger partial charge in [0.15, 0.2) is 0 Å². The second-order valence-corrected chi connectivity index (χ2v) is 6.11. The molecule has 0 atom stereocenters. The Labute approximate surface area is 115 Å². The molecule has 6 heteroatoms. The minimum atomic E-state index is -0.463. The average molecular weight is 270 g/mol. The molecule has 6 nitrogen and oxygen atoms in total. The second kappa shape index (κ2) is 6.34. The van der Waals surface area contributed by atoms with E-state index in [9.17, 15) is 9.59 Å². The monoisotopic (exact) mass is 270 g/mol. The van der Waals surface area contributed by atoms with Gasteiger partial charge in [-0.05, 0) is 13.8 Å². The predicted molar refractivity (Wildman–Crippen MR) is 74.6 cm³/mol. The van der Waals surface area contributed by atoms with Crippen LogP contribution in [0.3, 0.4) is 0 Å². The molecule has 0 aromatic carbocycles. The summed E-state index contributed by atoms with van der Waals surface area (Å²) < 4.78 is 0. The number of nitrogens with zero attached hydrogens (tertiary/aromatic N) is 3. The van der Waals surface area contributed by atoms with E-state index in [1.54, 1.807) is 19.0 Å². The van der Waals surface area contributed by atoms with Crippen LogP contribution in [0, 0.1) is 0 Å². The fourth-order valence-corrected chi connectivity index (χ4v) is 1.99. The molecule has 2 amide bonds. The molecule has 1 aliphatic rings. The zero-order chi connectivity index (χ0) is 14.6. The normalized spacial score (nSPS) is 17.4. The van der Waals surface area contributed by atoms with Gasteiger partial charge in [-0.2, -0.15) is 0 Å². The zero-order valence-electron chi connectivity index (χ0n) is 12.5. The minimum Gasteiger partial charge on any atom is -0.348 e. The lowest BCUT2D eigenvalue weighted by molar-refractivity contribution is -0.135. The molecule has 1 heterocycles. The van der Waals surface area contributed by atoms with Gasteiger partial charge in [-0.1, -0.05) is 0 Å². The van der Waals surface area contributed by atoms with Gasteiger partial charge in [0.2, 0.25) is 11.8 Å². The summed E-state index contributed by atoms with van der Waals surface area (Å²) in [5, 5.41) is 0. The van der Waals surface area contributed by atoms with Crippen LogP contribution < -0.4 is 5.73 Å². The van der Waals surface area contributed by atoms with Gasteiger partial charge in [0.1, 0.15) is 0 Å². The van der Waals surface area contributed by atoms with Crippen LogP contribution >= 0.6 is 0 Å². The van der Waals surface area contributed by atoms with Gasteiger partial charge in [-0.3, -0.25) is 14.5 Å². The molecule has 0 aromatic heterocycles. The van der Waals surface area contributed by atoms with Crippen LogP contribution in [-0.4, -0.2) is 78.9 Å². The van der Waals surface area contributed by atoms with E-state index >= 15 is 0 Å². The molecule has 2 N–H and O–H groups in total. The van der Waals surface area contributed by atoms with Gasteiger partial charge in [0, 0.05) is 52.2 Å². The van der Waals surface area contributed by atoms with Crippen molar-refractivity contribution in [2.24, 2.45) is 5.73 Å². The van der Waals surface area contributed by atoms with Crippen molar-refractivity contribution in [3.05, 3.63) is 0 Å². The lowest BCUT2D eigenvalue weighted by Crippen LogP contribution is -2.52. The Balaban J connectivity index is 2.37. The molecule has 1 aliphatic heterocycles. The number of rotatable bonds is 4. The van der Waals surface area contributed by atoms with E-state index in [2.05, 4.69) is 4.90 Å². The highest BCUT2D eigenvalue weighted by atomic mass is 16.2. The maximum Gasteiger partial charge on any atom is 0.236 e. The fourth-order valence-electron chi connectivity index (χ4n) is 1.99. The van der Waals surface area contributed by atoms with E-state index in [0.29, 0.717) is 26.1 Å². The maximum atomic E-state index is 12.0. The number of piperazine rings is 1. The van der Waals surface area contributed by atoms with Gasteiger partial charge in [0.25, 0.3) is 0 Å². The SMILES string of the molecule is CN(C)C(=O)CN1CCN(C(=O)CC(C)(C)N)CC1. The Bertz CT molecular complexity index is 328. The van der Waals surface area contributed by atoms with Crippen LogP contribution in [-0.2, 0) is 9.59 Å². The van der Waals surface area contributed by atoms with Crippen molar-refractivity contribution in [1.29, 1.82) is 0 Å². The molecule has 1 fully saturated rings. The van der Waals surface area contributed by atoms with E-state index in [4.69, 9.17) is 5.73 Å². The van der Waals surface area contributed by atoms with E-state index in [-0.39, 0.29) is 11.8 Å². The van der Waals surface area contributed by atoms with Crippen LogP contribution in [0.2, 0.25) is 0 Å². The van der Waals surface area contributed by atoms with Crippen molar-refractivity contribution in [2.75, 3.05) is 46.8 Å². The first-order valence-electron chi connectivity index (χ1n) is 6.68. The zero-order valence-corrected chi connectivity index (χ0v) is 12.5. The fraction of sp³-hybridized carbons (Fsp3) is 0.846. The molecule has 1 saturated heterocycles. The summed E-state index contributed by atoms with van der Waals surface area (Å²) in [5.74, 6) is 0.203. The number of hydrogen-bond acceptors (Lipinski definition) is 4. The largest absolute Gasteiger partial charge is 0.348 e. The van der Waals surface area contributed by atoms with Gasteiger partial charge >= 0.3 is 0 Å². The average Bonchev–Trinajstić information content (AvgIpc) is 2.27. The Morgan fingerprint density at radius 3 is 2.11 bits per heavy atom. The Hall–Kier alpha value is -1.14. The maximum absolute atomic E-state index is 12.0. The first-order valence-corrected chi connectivity index (χ1v) is 6.68. The van der Waals surface area contributed by atoms with E-state index in [1.807, 2.05) is 18.7 Å². The molecule has 0 bridgehead atoms. The number of amides is 2. The summed E-state index contributed by atoms with van der Waals surface area (Å²) in [5.41, 5.74) is 5.40. The van der Waals surface area contributed by atoms with Gasteiger partial charge in [-0.25, -0.2) is 0 Å². The lowest BCUT2D eigenvalue weighted by atomic mass is 10.0. The summed E-state index contributed by atoms with van der Waals surface area (Å²) in [6.07, 6.45) is 0.365. The highest BCUT2D eigenvalue weighted by molar-refractivity contribution is 5.78. The molecule has 0 unspecified atom stereocenters. The third-order valence-electron chi connectivity index (χ3n) is 3.19. The number of nitrogens with two attached hydrogens (primary N) is 1. The number of likely N-dealkylation sites (N-methyl/N-ethyl adjacent to an activating group) is 1. The van der Waals surface area contributed by atoms with E-state index < -0.39 is 5.54 Å². The Morgan fingerprint density at radius 1 is 1.16 bits per heavy atom. The third-order valence-corrected chi connectivity index (χ3v) is 3.19. The molecule has 0 spiro atoms. The Morgan fingerprint density at radius 2 is 1.68 bits per heavy atom. The summed E-state index contributed by atoms with van der Waals surface area (Å²) in [4.78, 5) is 29.1. The molecule has 0 radical (unpaired) electrons. The predicted octanol–water partition coefficient (Wildman–Crippen LogP) is -0.654. The lowest BCUT2D eigenvalue weighted by Gasteiger charge is -2.35. The topological polar surface area (TPSA) is 69.9 Å². The highest BCUT2D eigenvalue weighted by Crippen LogP contribution is 2.10. The van der Waals surface area contributed by atoms with Crippen molar-refractivity contribution in [3.63, 3.8) is 0 Å². The molecule has 19 heavy (non-hydrogen) atoms. The molecular formula is C13H26N4O2. The van der Waals surface area contributed by atoms with Crippen molar-refractivity contribution in [1.82, 2.24) is 14.7 Å². The number of carbonyl (C=O) groups is 2. The standard InChI is InChI=1S/C13H26N4O2/c1-13(2,14)9-11(18)17-7-5-16(6-8-17)10-12(19)15(3)4/h5-10,14H2,1-4H3. The quantitative estimate of drug-likeness (QED) is 0.737.